The molecule has 2 heterocycles. The minimum absolute atomic E-state index is 0.498. The summed E-state index contributed by atoms with van der Waals surface area (Å²) in [5.74, 6) is 0. The van der Waals surface area contributed by atoms with Crippen molar-refractivity contribution in [2.75, 3.05) is 0 Å². The number of aryl methyl sites for hydroxylation is 1. The SMILES string of the molecule is Cc1nn(-c2ccccc2)c(C(=N)c2cccs2)c1-c1ccccc1. The lowest BCUT2D eigenvalue weighted by molar-refractivity contribution is 0.854. The highest BCUT2D eigenvalue weighted by Gasteiger charge is 2.22. The molecule has 4 aromatic rings. The minimum Gasteiger partial charge on any atom is -0.297 e. The fourth-order valence-corrected chi connectivity index (χ4v) is 3.68. The van der Waals surface area contributed by atoms with Crippen LogP contribution in [0.3, 0.4) is 0 Å². The van der Waals surface area contributed by atoms with Gasteiger partial charge < -0.3 is 0 Å². The van der Waals surface area contributed by atoms with Crippen LogP contribution in [-0.4, -0.2) is 15.5 Å². The van der Waals surface area contributed by atoms with Crippen LogP contribution in [0.2, 0.25) is 0 Å². The van der Waals surface area contributed by atoms with Crippen LogP contribution in [0.4, 0.5) is 0 Å². The Morgan fingerprint density at radius 3 is 2.24 bits per heavy atom. The molecule has 0 bridgehead atoms. The van der Waals surface area contributed by atoms with Crippen molar-refractivity contribution in [1.29, 1.82) is 5.41 Å². The van der Waals surface area contributed by atoms with Gasteiger partial charge in [-0.1, -0.05) is 54.6 Å². The molecule has 0 spiro atoms. The molecule has 4 heteroatoms. The van der Waals surface area contributed by atoms with Crippen molar-refractivity contribution >= 4 is 17.0 Å². The number of nitrogens with zero attached hydrogens (tertiary/aromatic N) is 2. The summed E-state index contributed by atoms with van der Waals surface area (Å²) in [5.41, 5.74) is 5.31. The summed E-state index contributed by atoms with van der Waals surface area (Å²) in [4.78, 5) is 0.939. The van der Waals surface area contributed by atoms with E-state index in [0.717, 1.165) is 33.1 Å². The molecule has 0 aliphatic carbocycles. The van der Waals surface area contributed by atoms with Gasteiger partial charge in [0.05, 0.1) is 22.0 Å². The zero-order valence-corrected chi connectivity index (χ0v) is 14.6. The van der Waals surface area contributed by atoms with Gasteiger partial charge in [0, 0.05) is 5.56 Å². The van der Waals surface area contributed by atoms with Gasteiger partial charge in [-0.25, -0.2) is 4.68 Å². The first kappa shape index (κ1) is 15.5. The summed E-state index contributed by atoms with van der Waals surface area (Å²) in [7, 11) is 0. The van der Waals surface area contributed by atoms with Gasteiger partial charge in [0.25, 0.3) is 0 Å². The molecular formula is C21H17N3S. The molecule has 0 amide bonds. The van der Waals surface area contributed by atoms with Gasteiger partial charge in [-0.05, 0) is 36.1 Å². The molecule has 122 valence electrons. The van der Waals surface area contributed by atoms with Gasteiger partial charge >= 0.3 is 0 Å². The van der Waals surface area contributed by atoms with E-state index in [0.29, 0.717) is 5.71 Å². The average molecular weight is 343 g/mol. The van der Waals surface area contributed by atoms with Gasteiger partial charge in [0.1, 0.15) is 5.69 Å². The number of thiophene rings is 1. The Labute approximate surface area is 150 Å². The van der Waals surface area contributed by atoms with E-state index in [1.807, 2.05) is 77.6 Å². The summed E-state index contributed by atoms with van der Waals surface area (Å²) in [6.07, 6.45) is 0. The lowest BCUT2D eigenvalue weighted by Gasteiger charge is -2.10. The molecule has 2 aromatic carbocycles. The molecule has 0 aliphatic heterocycles. The second kappa shape index (κ2) is 6.49. The number of hydrogen-bond acceptors (Lipinski definition) is 3. The van der Waals surface area contributed by atoms with Gasteiger partial charge in [0.15, 0.2) is 0 Å². The second-order valence-corrected chi connectivity index (χ2v) is 6.72. The second-order valence-electron chi connectivity index (χ2n) is 5.77. The predicted octanol–water partition coefficient (Wildman–Crippen LogP) is 5.33. The largest absolute Gasteiger partial charge is 0.297 e. The average Bonchev–Trinajstić information content (AvgIpc) is 3.30. The molecule has 0 saturated heterocycles. The zero-order chi connectivity index (χ0) is 17.2. The Hall–Kier alpha value is -2.98. The quantitative estimate of drug-likeness (QED) is 0.500. The first-order chi connectivity index (χ1) is 12.3. The Morgan fingerprint density at radius 2 is 1.60 bits per heavy atom. The molecule has 3 nitrogen and oxygen atoms in total. The summed E-state index contributed by atoms with van der Waals surface area (Å²) in [6.45, 7) is 2.01. The summed E-state index contributed by atoms with van der Waals surface area (Å²) >= 11 is 1.58. The van der Waals surface area contributed by atoms with Crippen molar-refractivity contribution in [2.45, 2.75) is 6.92 Å². The van der Waals surface area contributed by atoms with Crippen molar-refractivity contribution in [2.24, 2.45) is 0 Å². The van der Waals surface area contributed by atoms with Gasteiger partial charge in [-0.3, -0.25) is 5.41 Å². The topological polar surface area (TPSA) is 41.7 Å². The Balaban J connectivity index is 1.99. The van der Waals surface area contributed by atoms with Gasteiger partial charge in [0.2, 0.25) is 0 Å². The molecule has 0 fully saturated rings. The third-order valence-corrected chi connectivity index (χ3v) is 5.02. The van der Waals surface area contributed by atoms with Crippen LogP contribution >= 0.6 is 11.3 Å². The van der Waals surface area contributed by atoms with E-state index in [-0.39, 0.29) is 0 Å². The predicted molar refractivity (Wildman–Crippen MR) is 104 cm³/mol. The lowest BCUT2D eigenvalue weighted by atomic mass is 10.0. The van der Waals surface area contributed by atoms with Gasteiger partial charge in [-0.15, -0.1) is 11.3 Å². The smallest absolute Gasteiger partial charge is 0.101 e. The van der Waals surface area contributed by atoms with Crippen LogP contribution in [0.5, 0.6) is 0 Å². The zero-order valence-electron chi connectivity index (χ0n) is 13.8. The van der Waals surface area contributed by atoms with E-state index in [1.54, 1.807) is 11.3 Å². The van der Waals surface area contributed by atoms with Crippen LogP contribution in [-0.2, 0) is 0 Å². The summed E-state index contributed by atoms with van der Waals surface area (Å²) < 4.78 is 1.89. The first-order valence-corrected chi connectivity index (χ1v) is 8.97. The normalized spacial score (nSPS) is 10.8. The number of aromatic nitrogens is 2. The van der Waals surface area contributed by atoms with E-state index < -0.39 is 0 Å². The van der Waals surface area contributed by atoms with Gasteiger partial charge in [-0.2, -0.15) is 5.10 Å². The van der Waals surface area contributed by atoms with Crippen molar-refractivity contribution in [3.63, 3.8) is 0 Å². The molecule has 0 aliphatic rings. The fourth-order valence-electron chi connectivity index (χ4n) is 3.00. The monoisotopic (exact) mass is 343 g/mol. The Kier molecular flexibility index (Phi) is 4.04. The van der Waals surface area contributed by atoms with E-state index in [4.69, 9.17) is 10.5 Å². The van der Waals surface area contributed by atoms with E-state index in [2.05, 4.69) is 12.1 Å². The van der Waals surface area contributed by atoms with E-state index in [9.17, 15) is 0 Å². The van der Waals surface area contributed by atoms with Crippen molar-refractivity contribution in [3.05, 3.63) is 94.4 Å². The molecule has 25 heavy (non-hydrogen) atoms. The molecule has 0 saturated carbocycles. The van der Waals surface area contributed by atoms with Crippen LogP contribution in [0.1, 0.15) is 16.3 Å². The highest BCUT2D eigenvalue weighted by Crippen LogP contribution is 2.31. The maximum atomic E-state index is 8.83. The number of hydrogen-bond donors (Lipinski definition) is 1. The number of nitrogens with one attached hydrogen (secondary N) is 1. The molecular weight excluding hydrogens is 326 g/mol. The van der Waals surface area contributed by atoms with Crippen molar-refractivity contribution < 1.29 is 0 Å². The summed E-state index contributed by atoms with van der Waals surface area (Å²) in [6, 6.07) is 24.2. The van der Waals surface area contributed by atoms with Crippen LogP contribution in [0, 0.1) is 12.3 Å². The maximum absolute atomic E-state index is 8.83. The number of para-hydroxylation sites is 1. The minimum atomic E-state index is 0.498. The highest BCUT2D eigenvalue weighted by atomic mass is 32.1. The Bertz CT molecular complexity index is 1000. The van der Waals surface area contributed by atoms with Crippen molar-refractivity contribution in [3.8, 4) is 16.8 Å². The maximum Gasteiger partial charge on any atom is 0.101 e. The third kappa shape index (κ3) is 2.81. The molecule has 0 unspecified atom stereocenters. The molecule has 0 radical (unpaired) electrons. The fraction of sp³-hybridized carbons (Fsp3) is 0.0476. The highest BCUT2D eigenvalue weighted by molar-refractivity contribution is 7.12. The van der Waals surface area contributed by atoms with Crippen LogP contribution in [0.25, 0.3) is 16.8 Å². The standard InChI is InChI=1S/C21H17N3S/c1-15-19(16-9-4-2-5-10-16)21(20(22)18-13-8-14-25-18)24(23-15)17-11-6-3-7-12-17/h2-14,22H,1H3. The number of rotatable bonds is 4. The Morgan fingerprint density at radius 1 is 0.920 bits per heavy atom. The molecule has 2 aromatic heterocycles. The first-order valence-electron chi connectivity index (χ1n) is 8.09. The summed E-state index contributed by atoms with van der Waals surface area (Å²) in [5, 5.41) is 15.6. The number of benzene rings is 2. The molecule has 4 rings (SSSR count). The van der Waals surface area contributed by atoms with E-state index in [1.165, 1.54) is 0 Å². The van der Waals surface area contributed by atoms with Crippen molar-refractivity contribution in [1.82, 2.24) is 9.78 Å². The third-order valence-electron chi connectivity index (χ3n) is 4.13. The lowest BCUT2D eigenvalue weighted by Crippen LogP contribution is -2.10. The van der Waals surface area contributed by atoms with Crippen LogP contribution in [0.15, 0.2) is 78.2 Å². The van der Waals surface area contributed by atoms with Crippen LogP contribution < -0.4 is 0 Å². The molecule has 0 atom stereocenters. The molecule has 1 N–H and O–H groups in total. The van der Waals surface area contributed by atoms with E-state index >= 15 is 0 Å².